The Morgan fingerprint density at radius 2 is 2.50 bits per heavy atom. The van der Waals surface area contributed by atoms with Gasteiger partial charge in [-0.25, -0.2) is 0 Å². The van der Waals surface area contributed by atoms with Crippen molar-refractivity contribution in [3.8, 4) is 12.3 Å². The van der Waals surface area contributed by atoms with E-state index in [9.17, 15) is 4.79 Å². The minimum absolute atomic E-state index is 0.161. The van der Waals surface area contributed by atoms with E-state index in [1.807, 2.05) is 6.08 Å². The van der Waals surface area contributed by atoms with Crippen LogP contribution in [-0.2, 0) is 4.79 Å². The van der Waals surface area contributed by atoms with Gasteiger partial charge in [0.15, 0.2) is 5.78 Å². The van der Waals surface area contributed by atoms with Crippen LogP contribution in [0.15, 0.2) is 30.0 Å². The molecule has 0 fully saturated rings. The molecule has 0 aromatic rings. The molecule has 0 amide bonds. The van der Waals surface area contributed by atoms with E-state index in [2.05, 4.69) is 18.2 Å². The highest BCUT2D eigenvalue weighted by atomic mass is 16.1. The molecule has 0 N–H and O–H groups in total. The summed E-state index contributed by atoms with van der Waals surface area (Å²) in [7, 11) is 0. The summed E-state index contributed by atoms with van der Waals surface area (Å²) >= 11 is 0. The highest BCUT2D eigenvalue weighted by Crippen LogP contribution is 2.26. The summed E-state index contributed by atoms with van der Waals surface area (Å²) in [5, 5.41) is 0. The first-order chi connectivity index (χ1) is 6.77. The van der Waals surface area contributed by atoms with Crippen molar-refractivity contribution < 1.29 is 4.79 Å². The Morgan fingerprint density at radius 3 is 3.14 bits per heavy atom. The largest absolute Gasteiger partial charge is 0.295 e. The van der Waals surface area contributed by atoms with E-state index in [-0.39, 0.29) is 5.78 Å². The number of terminal acetylenes is 1. The number of hydrogen-bond acceptors (Lipinski definition) is 1. The molecule has 0 aromatic carbocycles. The smallest absolute Gasteiger partial charge is 0.156 e. The summed E-state index contributed by atoms with van der Waals surface area (Å²) in [5.74, 6) is 3.14. The van der Waals surface area contributed by atoms with Gasteiger partial charge in [-0.3, -0.25) is 4.79 Å². The maximum atomic E-state index is 11.1. The molecular formula is C13H14O. The molecule has 1 aliphatic rings. The quantitative estimate of drug-likeness (QED) is 0.489. The van der Waals surface area contributed by atoms with Gasteiger partial charge in [0.05, 0.1) is 0 Å². The Bertz CT molecular complexity index is 335. The molecule has 1 unspecified atom stereocenters. The van der Waals surface area contributed by atoms with Crippen LogP contribution in [0.1, 0.15) is 25.7 Å². The van der Waals surface area contributed by atoms with Crippen LogP contribution in [-0.4, -0.2) is 5.78 Å². The lowest BCUT2D eigenvalue weighted by Crippen LogP contribution is -2.13. The van der Waals surface area contributed by atoms with Crippen molar-refractivity contribution in [2.24, 2.45) is 5.92 Å². The maximum Gasteiger partial charge on any atom is 0.156 e. The number of ketones is 1. The van der Waals surface area contributed by atoms with Crippen LogP contribution in [0.4, 0.5) is 0 Å². The summed E-state index contributed by atoms with van der Waals surface area (Å²) in [6.07, 6.45) is 12.3. The normalized spacial score (nSPS) is 20.6. The van der Waals surface area contributed by atoms with Crippen LogP contribution in [0.2, 0.25) is 0 Å². The predicted molar refractivity (Wildman–Crippen MR) is 57.6 cm³/mol. The first-order valence-electron chi connectivity index (χ1n) is 4.83. The Balaban J connectivity index is 2.61. The van der Waals surface area contributed by atoms with Gasteiger partial charge >= 0.3 is 0 Å². The van der Waals surface area contributed by atoms with Crippen molar-refractivity contribution in [1.82, 2.24) is 0 Å². The molecule has 1 rings (SSSR count). The van der Waals surface area contributed by atoms with E-state index in [0.29, 0.717) is 12.3 Å². The maximum absolute atomic E-state index is 11.1. The summed E-state index contributed by atoms with van der Waals surface area (Å²) < 4.78 is 0. The summed E-state index contributed by atoms with van der Waals surface area (Å²) in [6.45, 7) is 3.50. The highest BCUT2D eigenvalue weighted by Gasteiger charge is 2.19. The van der Waals surface area contributed by atoms with Crippen LogP contribution >= 0.6 is 0 Å². The molecule has 0 heterocycles. The van der Waals surface area contributed by atoms with Crippen LogP contribution in [0.5, 0.6) is 0 Å². The number of rotatable bonds is 3. The van der Waals surface area contributed by atoms with Gasteiger partial charge in [-0.2, -0.15) is 0 Å². The molecule has 0 spiro atoms. The molecule has 0 aromatic heterocycles. The topological polar surface area (TPSA) is 17.1 Å². The zero-order valence-electron chi connectivity index (χ0n) is 8.25. The van der Waals surface area contributed by atoms with E-state index in [4.69, 9.17) is 6.42 Å². The second kappa shape index (κ2) is 5.27. The third kappa shape index (κ3) is 2.76. The first kappa shape index (κ1) is 10.6. The lowest BCUT2D eigenvalue weighted by molar-refractivity contribution is -0.115. The van der Waals surface area contributed by atoms with Crippen LogP contribution in [0.3, 0.4) is 0 Å². The van der Waals surface area contributed by atoms with Gasteiger partial charge in [-0.1, -0.05) is 12.5 Å². The Kier molecular flexibility index (Phi) is 3.98. The van der Waals surface area contributed by atoms with Crippen molar-refractivity contribution in [1.29, 1.82) is 0 Å². The van der Waals surface area contributed by atoms with E-state index >= 15 is 0 Å². The van der Waals surface area contributed by atoms with Gasteiger partial charge < -0.3 is 0 Å². The minimum atomic E-state index is 0.161. The molecule has 72 valence electrons. The number of hydrogen-bond donors (Lipinski definition) is 0. The standard InChI is InChI=1S/C13H14O/c1-3-5-6-7-12-8-9-13(14)10-11(12)4-2/h2,5,10,12H,1,6-9H2. The fourth-order valence-electron chi connectivity index (χ4n) is 1.68. The van der Waals surface area contributed by atoms with Crippen LogP contribution in [0.25, 0.3) is 0 Å². The molecule has 14 heavy (non-hydrogen) atoms. The summed E-state index contributed by atoms with van der Waals surface area (Å²) in [6, 6.07) is 0. The summed E-state index contributed by atoms with van der Waals surface area (Å²) in [5.41, 5.74) is 3.60. The van der Waals surface area contributed by atoms with Crippen molar-refractivity contribution in [2.75, 3.05) is 0 Å². The van der Waals surface area contributed by atoms with Crippen LogP contribution in [0, 0.1) is 18.3 Å². The molecule has 0 saturated heterocycles. The van der Waals surface area contributed by atoms with E-state index in [1.165, 1.54) is 0 Å². The van der Waals surface area contributed by atoms with Gasteiger partial charge in [0.2, 0.25) is 0 Å². The third-order valence-electron chi connectivity index (χ3n) is 2.47. The van der Waals surface area contributed by atoms with Gasteiger partial charge in [0, 0.05) is 12.0 Å². The fourth-order valence-corrected chi connectivity index (χ4v) is 1.68. The third-order valence-corrected chi connectivity index (χ3v) is 2.47. The van der Waals surface area contributed by atoms with Gasteiger partial charge in [-0.05, 0) is 37.3 Å². The molecule has 1 nitrogen and oxygen atoms in total. The zero-order valence-corrected chi connectivity index (χ0v) is 8.25. The molecule has 0 aliphatic heterocycles. The molecule has 0 bridgehead atoms. The molecule has 0 saturated carbocycles. The van der Waals surface area contributed by atoms with Gasteiger partial charge in [0.25, 0.3) is 0 Å². The monoisotopic (exact) mass is 186 g/mol. The van der Waals surface area contributed by atoms with Crippen molar-refractivity contribution in [3.63, 3.8) is 0 Å². The molecule has 1 atom stereocenters. The van der Waals surface area contributed by atoms with Gasteiger partial charge in [0.1, 0.15) is 0 Å². The Hall–Kier alpha value is -1.51. The Morgan fingerprint density at radius 1 is 1.71 bits per heavy atom. The molecular weight excluding hydrogens is 172 g/mol. The van der Waals surface area contributed by atoms with E-state index in [1.54, 1.807) is 6.08 Å². The van der Waals surface area contributed by atoms with Crippen molar-refractivity contribution >= 4 is 5.78 Å². The molecule has 1 heteroatoms. The SMILES string of the molecule is C#CC1=CC(=O)CCC1CCC=C=C. The first-order valence-corrected chi connectivity index (χ1v) is 4.83. The highest BCUT2D eigenvalue weighted by molar-refractivity contribution is 5.92. The number of carbonyl (C=O) groups is 1. The fraction of sp³-hybridized carbons (Fsp3) is 0.385. The Labute approximate surface area is 85.2 Å². The van der Waals surface area contributed by atoms with Crippen LogP contribution < -0.4 is 0 Å². The number of allylic oxidation sites excluding steroid dienone is 3. The van der Waals surface area contributed by atoms with Crippen molar-refractivity contribution in [2.45, 2.75) is 25.7 Å². The lowest BCUT2D eigenvalue weighted by Gasteiger charge is -2.19. The second-order valence-corrected chi connectivity index (χ2v) is 3.43. The molecule has 1 aliphatic carbocycles. The predicted octanol–water partition coefficient (Wildman–Crippen LogP) is 2.65. The lowest BCUT2D eigenvalue weighted by atomic mass is 9.84. The minimum Gasteiger partial charge on any atom is -0.295 e. The average Bonchev–Trinajstić information content (AvgIpc) is 2.20. The molecule has 0 radical (unpaired) electrons. The summed E-state index contributed by atoms with van der Waals surface area (Å²) in [4.78, 5) is 11.1. The second-order valence-electron chi connectivity index (χ2n) is 3.43. The van der Waals surface area contributed by atoms with E-state index < -0.39 is 0 Å². The average molecular weight is 186 g/mol. The van der Waals surface area contributed by atoms with Gasteiger partial charge in [-0.15, -0.1) is 12.2 Å². The van der Waals surface area contributed by atoms with E-state index in [0.717, 1.165) is 24.8 Å². The zero-order chi connectivity index (χ0) is 10.4. The van der Waals surface area contributed by atoms with Crippen molar-refractivity contribution in [3.05, 3.63) is 30.0 Å². The number of carbonyl (C=O) groups excluding carboxylic acids is 1.